The lowest BCUT2D eigenvalue weighted by Crippen LogP contribution is -2.44. The zero-order valence-corrected chi connectivity index (χ0v) is 12.9. The molecule has 0 bridgehead atoms. The van der Waals surface area contributed by atoms with E-state index in [-0.39, 0.29) is 11.8 Å². The van der Waals surface area contributed by atoms with E-state index < -0.39 is 0 Å². The highest BCUT2D eigenvalue weighted by Crippen LogP contribution is 2.22. The summed E-state index contributed by atoms with van der Waals surface area (Å²) in [5.74, 6) is 1.14. The Morgan fingerprint density at radius 1 is 1.19 bits per heavy atom. The topological polar surface area (TPSA) is 41.6 Å². The van der Waals surface area contributed by atoms with Crippen LogP contribution in [0.25, 0.3) is 0 Å². The van der Waals surface area contributed by atoms with Crippen LogP contribution in [0.1, 0.15) is 38.5 Å². The standard InChI is InChI=1S/C17H28N2O2/c20-17(15-4-2-1-3-5-15)18-12-14-6-9-19(10-7-14)16-8-11-21-13-16/h1-2,14-16H,3-13H2,(H,18,20)/t15-,16-/m0/s1. The first-order chi connectivity index (χ1) is 10.3. The van der Waals surface area contributed by atoms with Crippen molar-refractivity contribution in [1.82, 2.24) is 10.2 Å². The van der Waals surface area contributed by atoms with Crippen molar-refractivity contribution in [2.24, 2.45) is 11.8 Å². The number of amides is 1. The van der Waals surface area contributed by atoms with E-state index in [9.17, 15) is 4.79 Å². The van der Waals surface area contributed by atoms with Gasteiger partial charge in [0.1, 0.15) is 0 Å². The minimum absolute atomic E-state index is 0.214. The number of hydrogen-bond donors (Lipinski definition) is 1. The van der Waals surface area contributed by atoms with Crippen molar-refractivity contribution in [2.45, 2.75) is 44.6 Å². The van der Waals surface area contributed by atoms with Gasteiger partial charge in [0.25, 0.3) is 0 Å². The molecule has 0 unspecified atom stereocenters. The Morgan fingerprint density at radius 3 is 2.71 bits per heavy atom. The third kappa shape index (κ3) is 4.07. The highest BCUT2D eigenvalue weighted by atomic mass is 16.5. The maximum absolute atomic E-state index is 12.1. The number of rotatable bonds is 4. The Balaban J connectivity index is 1.35. The molecule has 1 aliphatic carbocycles. The van der Waals surface area contributed by atoms with Gasteiger partial charge in [-0.3, -0.25) is 9.69 Å². The zero-order valence-electron chi connectivity index (χ0n) is 12.9. The predicted octanol–water partition coefficient (Wildman–Crippen LogP) is 1.96. The molecule has 4 heteroatoms. The molecule has 0 spiro atoms. The van der Waals surface area contributed by atoms with Gasteiger partial charge >= 0.3 is 0 Å². The Bertz CT molecular complexity index is 369. The minimum atomic E-state index is 0.214. The van der Waals surface area contributed by atoms with Gasteiger partial charge < -0.3 is 10.1 Å². The number of carbonyl (C=O) groups excluding carboxylic acids is 1. The molecule has 2 fully saturated rings. The number of allylic oxidation sites excluding steroid dienone is 2. The molecule has 0 aromatic heterocycles. The number of likely N-dealkylation sites (tertiary alicyclic amines) is 1. The van der Waals surface area contributed by atoms with Crippen LogP contribution < -0.4 is 5.32 Å². The zero-order chi connectivity index (χ0) is 14.5. The van der Waals surface area contributed by atoms with E-state index in [2.05, 4.69) is 22.4 Å². The van der Waals surface area contributed by atoms with Gasteiger partial charge in [0.2, 0.25) is 5.91 Å². The largest absolute Gasteiger partial charge is 0.380 e. The molecule has 2 saturated heterocycles. The van der Waals surface area contributed by atoms with Crippen LogP contribution in [0.5, 0.6) is 0 Å². The molecule has 21 heavy (non-hydrogen) atoms. The smallest absolute Gasteiger partial charge is 0.223 e. The van der Waals surface area contributed by atoms with Crippen LogP contribution in [0.2, 0.25) is 0 Å². The fourth-order valence-corrected chi connectivity index (χ4v) is 3.75. The van der Waals surface area contributed by atoms with Crippen molar-refractivity contribution < 1.29 is 9.53 Å². The Morgan fingerprint density at radius 2 is 2.05 bits per heavy atom. The van der Waals surface area contributed by atoms with Gasteiger partial charge in [-0.05, 0) is 57.5 Å². The van der Waals surface area contributed by atoms with Gasteiger partial charge in [0, 0.05) is 25.1 Å². The summed E-state index contributed by atoms with van der Waals surface area (Å²) in [6, 6.07) is 0.648. The maximum atomic E-state index is 12.1. The number of nitrogens with zero attached hydrogens (tertiary/aromatic N) is 1. The second kappa shape index (κ2) is 7.41. The van der Waals surface area contributed by atoms with Crippen LogP contribution >= 0.6 is 0 Å². The minimum Gasteiger partial charge on any atom is -0.380 e. The van der Waals surface area contributed by atoms with Gasteiger partial charge in [-0.15, -0.1) is 0 Å². The molecule has 0 aromatic rings. The van der Waals surface area contributed by atoms with Crippen LogP contribution in [0.3, 0.4) is 0 Å². The molecule has 3 rings (SSSR count). The van der Waals surface area contributed by atoms with Crippen molar-refractivity contribution in [1.29, 1.82) is 0 Å². The average molecular weight is 292 g/mol. The van der Waals surface area contributed by atoms with Gasteiger partial charge in [0.15, 0.2) is 0 Å². The molecule has 4 nitrogen and oxygen atoms in total. The molecule has 118 valence electrons. The molecule has 0 saturated carbocycles. The first-order valence-electron chi connectivity index (χ1n) is 8.57. The van der Waals surface area contributed by atoms with E-state index in [0.29, 0.717) is 12.0 Å². The van der Waals surface area contributed by atoms with Crippen LogP contribution in [0.4, 0.5) is 0 Å². The summed E-state index contributed by atoms with van der Waals surface area (Å²) in [4.78, 5) is 14.7. The van der Waals surface area contributed by atoms with E-state index in [4.69, 9.17) is 4.74 Å². The maximum Gasteiger partial charge on any atom is 0.223 e. The SMILES string of the molecule is O=C(NCC1CCN([C@H]2CCOC2)CC1)[C@H]1CC=CCC1. The molecule has 1 amide bonds. The first-order valence-corrected chi connectivity index (χ1v) is 8.57. The molecular weight excluding hydrogens is 264 g/mol. The highest BCUT2D eigenvalue weighted by Gasteiger charge is 2.28. The summed E-state index contributed by atoms with van der Waals surface area (Å²) in [6.07, 6.45) is 10.9. The number of nitrogens with one attached hydrogen (secondary N) is 1. The lowest BCUT2D eigenvalue weighted by Gasteiger charge is -2.35. The lowest BCUT2D eigenvalue weighted by molar-refractivity contribution is -0.125. The molecule has 1 N–H and O–H groups in total. The van der Waals surface area contributed by atoms with E-state index in [1.165, 1.54) is 32.4 Å². The van der Waals surface area contributed by atoms with Crippen molar-refractivity contribution in [3.8, 4) is 0 Å². The first kappa shape index (κ1) is 15.0. The molecule has 2 atom stereocenters. The molecule has 3 aliphatic rings. The van der Waals surface area contributed by atoms with E-state index in [1.807, 2.05) is 0 Å². The highest BCUT2D eigenvalue weighted by molar-refractivity contribution is 5.78. The predicted molar refractivity (Wildman–Crippen MR) is 83.0 cm³/mol. The van der Waals surface area contributed by atoms with E-state index in [1.54, 1.807) is 0 Å². The van der Waals surface area contributed by atoms with Crippen LogP contribution in [0, 0.1) is 11.8 Å². The summed E-state index contributed by atoms with van der Waals surface area (Å²) < 4.78 is 5.48. The molecule has 2 heterocycles. The summed E-state index contributed by atoms with van der Waals surface area (Å²) in [5, 5.41) is 3.19. The second-order valence-corrected chi connectivity index (χ2v) is 6.72. The molecular formula is C17H28N2O2. The summed E-state index contributed by atoms with van der Waals surface area (Å²) in [7, 11) is 0. The third-order valence-electron chi connectivity index (χ3n) is 5.28. The molecule has 0 aromatic carbocycles. The fraction of sp³-hybridized carbons (Fsp3) is 0.824. The lowest BCUT2D eigenvalue weighted by atomic mass is 9.92. The van der Waals surface area contributed by atoms with E-state index in [0.717, 1.165) is 39.0 Å². The van der Waals surface area contributed by atoms with Crippen molar-refractivity contribution in [2.75, 3.05) is 32.8 Å². The van der Waals surface area contributed by atoms with Gasteiger partial charge in [0.05, 0.1) is 6.61 Å². The second-order valence-electron chi connectivity index (χ2n) is 6.72. The molecule has 0 radical (unpaired) electrons. The Labute approximate surface area is 127 Å². The number of ether oxygens (including phenoxy) is 1. The third-order valence-corrected chi connectivity index (χ3v) is 5.28. The molecule has 2 aliphatic heterocycles. The van der Waals surface area contributed by atoms with Crippen molar-refractivity contribution in [3.63, 3.8) is 0 Å². The number of carbonyl (C=O) groups is 1. The Hall–Kier alpha value is -0.870. The normalized spacial score (nSPS) is 31.4. The van der Waals surface area contributed by atoms with E-state index >= 15 is 0 Å². The number of hydrogen-bond acceptors (Lipinski definition) is 3. The summed E-state index contributed by atoms with van der Waals surface area (Å²) in [5.41, 5.74) is 0. The monoisotopic (exact) mass is 292 g/mol. The Kier molecular flexibility index (Phi) is 5.31. The summed E-state index contributed by atoms with van der Waals surface area (Å²) in [6.45, 7) is 5.04. The number of piperidine rings is 1. The van der Waals surface area contributed by atoms with Crippen LogP contribution in [0.15, 0.2) is 12.2 Å². The van der Waals surface area contributed by atoms with Crippen molar-refractivity contribution in [3.05, 3.63) is 12.2 Å². The van der Waals surface area contributed by atoms with Gasteiger partial charge in [-0.25, -0.2) is 0 Å². The van der Waals surface area contributed by atoms with Gasteiger partial charge in [-0.2, -0.15) is 0 Å². The average Bonchev–Trinajstić information content (AvgIpc) is 3.08. The van der Waals surface area contributed by atoms with Crippen LogP contribution in [-0.2, 0) is 9.53 Å². The fourth-order valence-electron chi connectivity index (χ4n) is 3.75. The van der Waals surface area contributed by atoms with Crippen LogP contribution in [-0.4, -0.2) is 49.7 Å². The quantitative estimate of drug-likeness (QED) is 0.805. The van der Waals surface area contributed by atoms with Crippen molar-refractivity contribution >= 4 is 5.91 Å². The summed E-state index contributed by atoms with van der Waals surface area (Å²) >= 11 is 0. The van der Waals surface area contributed by atoms with Gasteiger partial charge in [-0.1, -0.05) is 12.2 Å².